The highest BCUT2D eigenvalue weighted by Crippen LogP contribution is 2.45. The minimum atomic E-state index is 0.0307. The van der Waals surface area contributed by atoms with E-state index in [9.17, 15) is 9.90 Å². The molecule has 4 rings (SSSR count). The van der Waals surface area contributed by atoms with Gasteiger partial charge in [-0.15, -0.1) is 0 Å². The molecule has 0 aromatic carbocycles. The van der Waals surface area contributed by atoms with Crippen molar-refractivity contribution in [2.45, 2.75) is 12.8 Å². The van der Waals surface area contributed by atoms with Gasteiger partial charge in [0.25, 0.3) is 5.91 Å². The number of rotatable bonds is 3. The number of imidazole rings is 1. The molecule has 0 aliphatic carbocycles. The van der Waals surface area contributed by atoms with Crippen molar-refractivity contribution in [1.29, 1.82) is 0 Å². The minimum absolute atomic E-state index is 0.0307. The fourth-order valence-electron chi connectivity index (χ4n) is 4.38. The topological polar surface area (TPSA) is 87.4 Å². The quantitative estimate of drug-likeness (QED) is 0.865. The molecule has 1 spiro atoms. The first-order valence-electron chi connectivity index (χ1n) is 9.00. The van der Waals surface area contributed by atoms with Gasteiger partial charge in [0.05, 0.1) is 12.5 Å². The molecular weight excluding hydrogens is 332 g/mol. The summed E-state index contributed by atoms with van der Waals surface area (Å²) in [6.07, 6.45) is 8.36. The first-order chi connectivity index (χ1) is 12.6. The summed E-state index contributed by atoms with van der Waals surface area (Å²) in [6, 6.07) is 1.91. The number of likely N-dealkylation sites (tertiary alicyclic amines) is 1. The Morgan fingerprint density at radius 2 is 2.15 bits per heavy atom. The van der Waals surface area contributed by atoms with Crippen LogP contribution < -0.4 is 4.90 Å². The smallest absolute Gasteiger partial charge is 0.272 e. The monoisotopic (exact) mass is 356 g/mol. The van der Waals surface area contributed by atoms with Crippen molar-refractivity contribution < 1.29 is 9.90 Å². The molecule has 4 heterocycles. The molecule has 0 radical (unpaired) electrons. The summed E-state index contributed by atoms with van der Waals surface area (Å²) in [5.74, 6) is 1.14. The van der Waals surface area contributed by atoms with Crippen LogP contribution in [0.2, 0.25) is 0 Å². The van der Waals surface area contributed by atoms with Crippen LogP contribution in [0.5, 0.6) is 0 Å². The lowest BCUT2D eigenvalue weighted by molar-refractivity contribution is 0.0409. The molecule has 1 unspecified atom stereocenters. The molecule has 2 aliphatic rings. The molecule has 26 heavy (non-hydrogen) atoms. The van der Waals surface area contributed by atoms with E-state index in [0.717, 1.165) is 31.7 Å². The van der Waals surface area contributed by atoms with E-state index in [-0.39, 0.29) is 23.8 Å². The number of aliphatic hydroxyl groups excluding tert-OH is 1. The second-order valence-corrected chi connectivity index (χ2v) is 7.37. The molecule has 8 heteroatoms. The van der Waals surface area contributed by atoms with E-state index >= 15 is 0 Å². The molecular formula is C18H24N6O2. The molecule has 1 N–H and O–H groups in total. The summed E-state index contributed by atoms with van der Waals surface area (Å²) in [6.45, 7) is 3.24. The van der Waals surface area contributed by atoms with Gasteiger partial charge in [0, 0.05) is 51.9 Å². The van der Waals surface area contributed by atoms with Gasteiger partial charge in [-0.05, 0) is 24.3 Å². The van der Waals surface area contributed by atoms with Gasteiger partial charge in [-0.1, -0.05) is 0 Å². The number of piperidine rings is 1. The highest BCUT2D eigenvalue weighted by atomic mass is 16.3. The van der Waals surface area contributed by atoms with Crippen LogP contribution in [0.25, 0.3) is 0 Å². The van der Waals surface area contributed by atoms with Gasteiger partial charge >= 0.3 is 0 Å². The van der Waals surface area contributed by atoms with Crippen molar-refractivity contribution in [2.24, 2.45) is 18.4 Å². The maximum Gasteiger partial charge on any atom is 0.272 e. The molecule has 8 nitrogen and oxygen atoms in total. The third-order valence-corrected chi connectivity index (χ3v) is 6.01. The average Bonchev–Trinajstić information content (AvgIpc) is 3.26. The standard InChI is InChI=1S/C18H24N6O2/c1-22-13-20-8-15(22)17(26)23-6-3-18(4-7-23)11-24(9-14(18)10-25)16-2-5-19-12-21-16/h2,5,8,12-14,25H,3-4,6-7,9-11H2,1H3. The Hall–Kier alpha value is -2.48. The number of aryl methyl sites for hydroxylation is 1. The summed E-state index contributed by atoms with van der Waals surface area (Å²) in [4.78, 5) is 29.2. The summed E-state index contributed by atoms with van der Waals surface area (Å²) in [5.41, 5.74) is 0.650. The van der Waals surface area contributed by atoms with Crippen LogP contribution in [0.3, 0.4) is 0 Å². The molecule has 138 valence electrons. The molecule has 0 bridgehead atoms. The summed E-state index contributed by atoms with van der Waals surface area (Å²) < 4.78 is 1.76. The van der Waals surface area contributed by atoms with Crippen LogP contribution in [0.4, 0.5) is 5.82 Å². The number of aromatic nitrogens is 4. The number of amides is 1. The van der Waals surface area contributed by atoms with Gasteiger partial charge in [-0.3, -0.25) is 4.79 Å². The number of aliphatic hydroxyl groups is 1. The number of anilines is 1. The molecule has 2 aromatic heterocycles. The Labute approximate surface area is 152 Å². The van der Waals surface area contributed by atoms with Crippen molar-refractivity contribution in [3.8, 4) is 0 Å². The van der Waals surface area contributed by atoms with Gasteiger partial charge in [0.1, 0.15) is 17.8 Å². The van der Waals surface area contributed by atoms with Gasteiger partial charge < -0.3 is 19.5 Å². The maximum atomic E-state index is 12.7. The highest BCUT2D eigenvalue weighted by Gasteiger charge is 2.48. The van der Waals surface area contributed by atoms with E-state index in [2.05, 4.69) is 19.9 Å². The van der Waals surface area contributed by atoms with Crippen molar-refractivity contribution >= 4 is 11.7 Å². The van der Waals surface area contributed by atoms with Crippen LogP contribution in [0.1, 0.15) is 23.3 Å². The molecule has 2 saturated heterocycles. The molecule has 0 saturated carbocycles. The second-order valence-electron chi connectivity index (χ2n) is 7.37. The van der Waals surface area contributed by atoms with E-state index in [4.69, 9.17) is 0 Å². The number of nitrogens with zero attached hydrogens (tertiary/aromatic N) is 6. The van der Waals surface area contributed by atoms with Crippen LogP contribution in [0.15, 0.2) is 31.1 Å². The van der Waals surface area contributed by atoms with E-state index in [0.29, 0.717) is 18.8 Å². The highest BCUT2D eigenvalue weighted by molar-refractivity contribution is 5.92. The van der Waals surface area contributed by atoms with Crippen LogP contribution in [-0.4, -0.2) is 68.2 Å². The van der Waals surface area contributed by atoms with Gasteiger partial charge in [0.2, 0.25) is 0 Å². The zero-order chi connectivity index (χ0) is 18.1. The lowest BCUT2D eigenvalue weighted by atomic mass is 9.71. The van der Waals surface area contributed by atoms with Crippen molar-refractivity contribution in [2.75, 3.05) is 37.7 Å². The lowest BCUT2D eigenvalue weighted by Gasteiger charge is -2.42. The van der Waals surface area contributed by atoms with E-state index < -0.39 is 0 Å². The predicted octanol–water partition coefficient (Wildman–Crippen LogP) is 0.561. The summed E-state index contributed by atoms with van der Waals surface area (Å²) >= 11 is 0. The molecule has 2 aromatic rings. The number of hydrogen-bond donors (Lipinski definition) is 1. The minimum Gasteiger partial charge on any atom is -0.396 e. The second kappa shape index (κ2) is 6.68. The normalized spacial score (nSPS) is 22.2. The lowest BCUT2D eigenvalue weighted by Crippen LogP contribution is -2.47. The fraction of sp³-hybridized carbons (Fsp3) is 0.556. The SMILES string of the molecule is Cn1cncc1C(=O)N1CCC2(CC1)CN(c1ccncn1)CC2CO. The third-order valence-electron chi connectivity index (χ3n) is 6.01. The zero-order valence-electron chi connectivity index (χ0n) is 15.0. The van der Waals surface area contributed by atoms with Gasteiger partial charge in [-0.25, -0.2) is 15.0 Å². The number of hydrogen-bond acceptors (Lipinski definition) is 6. The maximum absolute atomic E-state index is 12.7. The molecule has 1 amide bonds. The number of carbonyl (C=O) groups is 1. The van der Waals surface area contributed by atoms with E-state index in [1.807, 2.05) is 18.0 Å². The average molecular weight is 356 g/mol. The summed E-state index contributed by atoms with van der Waals surface area (Å²) in [7, 11) is 1.84. The Bertz CT molecular complexity index is 769. The van der Waals surface area contributed by atoms with Crippen molar-refractivity contribution in [1.82, 2.24) is 24.4 Å². The van der Waals surface area contributed by atoms with Gasteiger partial charge in [0.15, 0.2) is 0 Å². The first kappa shape index (κ1) is 17.0. The summed E-state index contributed by atoms with van der Waals surface area (Å²) in [5, 5.41) is 9.96. The van der Waals surface area contributed by atoms with Crippen LogP contribution in [0, 0.1) is 11.3 Å². The van der Waals surface area contributed by atoms with Crippen LogP contribution in [-0.2, 0) is 7.05 Å². The largest absolute Gasteiger partial charge is 0.396 e. The predicted molar refractivity (Wildman–Crippen MR) is 95.6 cm³/mol. The van der Waals surface area contributed by atoms with Crippen molar-refractivity contribution in [3.05, 3.63) is 36.8 Å². The van der Waals surface area contributed by atoms with Crippen LogP contribution >= 0.6 is 0 Å². The Morgan fingerprint density at radius 1 is 1.35 bits per heavy atom. The molecule has 2 fully saturated rings. The third kappa shape index (κ3) is 2.84. The Morgan fingerprint density at radius 3 is 2.77 bits per heavy atom. The van der Waals surface area contributed by atoms with E-state index in [1.165, 1.54) is 0 Å². The van der Waals surface area contributed by atoms with E-state index in [1.54, 1.807) is 29.6 Å². The Balaban J connectivity index is 1.47. The zero-order valence-corrected chi connectivity index (χ0v) is 15.0. The van der Waals surface area contributed by atoms with Gasteiger partial charge in [-0.2, -0.15) is 0 Å². The Kier molecular flexibility index (Phi) is 4.36. The number of carbonyl (C=O) groups excluding carboxylic acids is 1. The molecule has 2 aliphatic heterocycles. The molecule has 1 atom stereocenters. The first-order valence-corrected chi connectivity index (χ1v) is 9.00. The van der Waals surface area contributed by atoms with Crippen molar-refractivity contribution in [3.63, 3.8) is 0 Å². The fourth-order valence-corrected chi connectivity index (χ4v) is 4.38.